The third-order valence-electron chi connectivity index (χ3n) is 3.35. The Kier molecular flexibility index (Phi) is 2.72. The summed E-state index contributed by atoms with van der Waals surface area (Å²) in [6.07, 6.45) is 1.83. The maximum Gasteiger partial charge on any atom is 0.406 e. The molecule has 1 aliphatic heterocycles. The van der Waals surface area contributed by atoms with E-state index in [4.69, 9.17) is 5.11 Å². The molecule has 0 radical (unpaired) electrons. The Labute approximate surface area is 103 Å². The van der Waals surface area contributed by atoms with Gasteiger partial charge in [-0.05, 0) is 23.3 Å². The average Bonchev–Trinajstić information content (AvgIpc) is 2.83. The first-order valence-electron chi connectivity index (χ1n) is 5.49. The molecule has 8 heteroatoms. The number of hydrogen-bond acceptors (Lipinski definition) is 5. The van der Waals surface area contributed by atoms with Gasteiger partial charge < -0.3 is 20.1 Å². The number of nitro groups is 1. The molecule has 2 heterocycles. The van der Waals surface area contributed by atoms with Crippen molar-refractivity contribution in [2.24, 2.45) is 12.5 Å². The second kappa shape index (κ2) is 3.97. The fourth-order valence-electron chi connectivity index (χ4n) is 2.22. The quantitative estimate of drug-likeness (QED) is 0.627. The molecular formula is C10H14N4O4. The topological polar surface area (TPSA) is 101 Å². The van der Waals surface area contributed by atoms with Gasteiger partial charge in [-0.2, -0.15) is 0 Å². The van der Waals surface area contributed by atoms with E-state index in [1.807, 2.05) is 0 Å². The number of carboxylic acid groups (broad SMARTS) is 1. The third-order valence-corrected chi connectivity index (χ3v) is 3.35. The van der Waals surface area contributed by atoms with Crippen molar-refractivity contribution in [3.8, 4) is 0 Å². The SMILES string of the molecule is Cn1cnc([N+](=O)[O-])c1N1CCC(C)(C(=O)O)C1. The Morgan fingerprint density at radius 3 is 2.83 bits per heavy atom. The minimum Gasteiger partial charge on any atom is -0.481 e. The van der Waals surface area contributed by atoms with Crippen LogP contribution >= 0.6 is 0 Å². The number of aryl methyl sites for hydroxylation is 1. The van der Waals surface area contributed by atoms with E-state index in [1.165, 1.54) is 6.33 Å². The normalized spacial score (nSPS) is 23.3. The van der Waals surface area contributed by atoms with E-state index in [0.717, 1.165) is 0 Å². The summed E-state index contributed by atoms with van der Waals surface area (Å²) >= 11 is 0. The fourth-order valence-corrected chi connectivity index (χ4v) is 2.22. The summed E-state index contributed by atoms with van der Waals surface area (Å²) in [5, 5.41) is 20.0. The van der Waals surface area contributed by atoms with E-state index in [9.17, 15) is 14.9 Å². The van der Waals surface area contributed by atoms with Gasteiger partial charge in [0.05, 0.1) is 5.41 Å². The first-order chi connectivity index (χ1) is 8.35. The number of carboxylic acids is 1. The van der Waals surface area contributed by atoms with Gasteiger partial charge in [-0.1, -0.05) is 0 Å². The zero-order valence-electron chi connectivity index (χ0n) is 10.2. The fraction of sp³-hybridized carbons (Fsp3) is 0.600. The van der Waals surface area contributed by atoms with Crippen molar-refractivity contribution in [2.75, 3.05) is 18.0 Å². The summed E-state index contributed by atoms with van der Waals surface area (Å²) in [5.41, 5.74) is -0.863. The Hall–Kier alpha value is -2.12. The summed E-state index contributed by atoms with van der Waals surface area (Å²) in [6, 6.07) is 0. The number of rotatable bonds is 3. The Morgan fingerprint density at radius 1 is 1.67 bits per heavy atom. The molecule has 1 atom stereocenters. The highest BCUT2D eigenvalue weighted by atomic mass is 16.6. The molecule has 1 fully saturated rings. The van der Waals surface area contributed by atoms with E-state index in [1.54, 1.807) is 23.4 Å². The molecule has 8 nitrogen and oxygen atoms in total. The second-order valence-corrected chi connectivity index (χ2v) is 4.80. The van der Waals surface area contributed by atoms with Crippen molar-refractivity contribution in [1.82, 2.24) is 9.55 Å². The standard InChI is InChI=1S/C10H14N4O4/c1-10(9(15)16)3-4-13(5-10)8-7(14(17)18)11-6-12(8)2/h6H,3-5H2,1-2H3,(H,15,16). The highest BCUT2D eigenvalue weighted by Crippen LogP contribution is 2.36. The zero-order valence-corrected chi connectivity index (χ0v) is 10.2. The summed E-state index contributed by atoms with van der Waals surface area (Å²) in [5.74, 6) is -0.744. The summed E-state index contributed by atoms with van der Waals surface area (Å²) in [6.45, 7) is 2.38. The van der Waals surface area contributed by atoms with E-state index < -0.39 is 16.3 Å². The first kappa shape index (κ1) is 12.3. The number of aromatic nitrogens is 2. The molecule has 0 aliphatic carbocycles. The molecule has 0 amide bonds. The third kappa shape index (κ3) is 1.79. The van der Waals surface area contributed by atoms with E-state index in [-0.39, 0.29) is 12.4 Å². The van der Waals surface area contributed by atoms with Crippen LogP contribution in [0.2, 0.25) is 0 Å². The molecule has 0 bridgehead atoms. The summed E-state index contributed by atoms with van der Waals surface area (Å²) in [7, 11) is 1.66. The second-order valence-electron chi connectivity index (χ2n) is 4.80. The van der Waals surface area contributed by atoms with Crippen LogP contribution < -0.4 is 4.90 Å². The summed E-state index contributed by atoms with van der Waals surface area (Å²) < 4.78 is 1.55. The first-order valence-corrected chi connectivity index (χ1v) is 5.49. The molecule has 1 aromatic heterocycles. The highest BCUT2D eigenvalue weighted by Gasteiger charge is 2.43. The smallest absolute Gasteiger partial charge is 0.406 e. The molecule has 18 heavy (non-hydrogen) atoms. The lowest BCUT2D eigenvalue weighted by Crippen LogP contribution is -2.32. The molecule has 1 N–H and O–H groups in total. The van der Waals surface area contributed by atoms with Gasteiger partial charge in [0, 0.05) is 20.1 Å². The van der Waals surface area contributed by atoms with Gasteiger partial charge in [-0.15, -0.1) is 0 Å². The van der Waals surface area contributed by atoms with Crippen LogP contribution in [0.1, 0.15) is 13.3 Å². The molecule has 0 saturated carbocycles. The van der Waals surface area contributed by atoms with Gasteiger partial charge in [-0.3, -0.25) is 9.36 Å². The minimum atomic E-state index is -0.880. The molecule has 1 aromatic rings. The van der Waals surface area contributed by atoms with Crippen LogP contribution in [0.3, 0.4) is 0 Å². The van der Waals surface area contributed by atoms with Crippen molar-refractivity contribution in [2.45, 2.75) is 13.3 Å². The molecule has 2 rings (SSSR count). The minimum absolute atomic E-state index is 0.230. The van der Waals surface area contributed by atoms with Crippen LogP contribution in [0.25, 0.3) is 0 Å². The van der Waals surface area contributed by atoms with Crippen LogP contribution in [0.5, 0.6) is 0 Å². The van der Waals surface area contributed by atoms with Gasteiger partial charge in [0.1, 0.15) is 0 Å². The lowest BCUT2D eigenvalue weighted by atomic mass is 9.90. The maximum atomic E-state index is 11.2. The number of carbonyl (C=O) groups is 1. The van der Waals surface area contributed by atoms with Crippen molar-refractivity contribution in [3.63, 3.8) is 0 Å². The monoisotopic (exact) mass is 254 g/mol. The predicted octanol–water partition coefficient (Wildman–Crippen LogP) is 0.629. The number of aliphatic carboxylic acids is 1. The highest BCUT2D eigenvalue weighted by molar-refractivity contribution is 5.76. The van der Waals surface area contributed by atoms with E-state index >= 15 is 0 Å². The van der Waals surface area contributed by atoms with Gasteiger partial charge >= 0.3 is 11.8 Å². The Morgan fingerprint density at radius 2 is 2.33 bits per heavy atom. The zero-order chi connectivity index (χ0) is 13.5. The lowest BCUT2D eigenvalue weighted by molar-refractivity contribution is -0.388. The Bertz CT molecular complexity index is 512. The van der Waals surface area contributed by atoms with Crippen LogP contribution in [-0.2, 0) is 11.8 Å². The largest absolute Gasteiger partial charge is 0.481 e. The predicted molar refractivity (Wildman–Crippen MR) is 62.4 cm³/mol. The molecule has 0 spiro atoms. The maximum absolute atomic E-state index is 11.2. The molecular weight excluding hydrogens is 240 g/mol. The molecule has 1 saturated heterocycles. The average molecular weight is 254 g/mol. The number of hydrogen-bond donors (Lipinski definition) is 1. The van der Waals surface area contributed by atoms with Gasteiger partial charge in [0.15, 0.2) is 0 Å². The van der Waals surface area contributed by atoms with Crippen molar-refractivity contribution < 1.29 is 14.8 Å². The molecule has 1 unspecified atom stereocenters. The number of nitrogens with zero attached hydrogens (tertiary/aromatic N) is 4. The van der Waals surface area contributed by atoms with Crippen molar-refractivity contribution >= 4 is 17.6 Å². The van der Waals surface area contributed by atoms with Crippen LogP contribution in [-0.4, -0.2) is 38.6 Å². The van der Waals surface area contributed by atoms with E-state index in [0.29, 0.717) is 18.8 Å². The van der Waals surface area contributed by atoms with Crippen LogP contribution in [0.4, 0.5) is 11.6 Å². The number of imidazole rings is 1. The molecule has 98 valence electrons. The molecule has 1 aliphatic rings. The van der Waals surface area contributed by atoms with Gasteiger partial charge in [-0.25, -0.2) is 0 Å². The van der Waals surface area contributed by atoms with Crippen LogP contribution in [0.15, 0.2) is 6.33 Å². The van der Waals surface area contributed by atoms with E-state index in [2.05, 4.69) is 4.98 Å². The van der Waals surface area contributed by atoms with Gasteiger partial charge in [0.25, 0.3) is 0 Å². The van der Waals surface area contributed by atoms with Gasteiger partial charge in [0.2, 0.25) is 12.1 Å². The Balaban J connectivity index is 2.32. The lowest BCUT2D eigenvalue weighted by Gasteiger charge is -2.20. The van der Waals surface area contributed by atoms with Crippen molar-refractivity contribution in [3.05, 3.63) is 16.4 Å². The number of anilines is 1. The van der Waals surface area contributed by atoms with Crippen LogP contribution in [0, 0.1) is 15.5 Å². The molecule has 0 aromatic carbocycles. The summed E-state index contributed by atoms with van der Waals surface area (Å²) in [4.78, 5) is 26.9. The van der Waals surface area contributed by atoms with Crippen molar-refractivity contribution in [1.29, 1.82) is 0 Å².